The number of imide groups is 1. The van der Waals surface area contributed by atoms with E-state index in [-0.39, 0.29) is 18.9 Å². The molecule has 3 heterocycles. The lowest BCUT2D eigenvalue weighted by atomic mass is 10.0. The smallest absolute Gasteiger partial charge is 0.306 e. The number of rotatable bonds is 6. The molecule has 2 amide bonds. The molecule has 0 spiro atoms. The number of carbonyl (C=O) groups is 3. The van der Waals surface area contributed by atoms with E-state index < -0.39 is 11.9 Å². The van der Waals surface area contributed by atoms with Gasteiger partial charge in [0.2, 0.25) is 5.91 Å². The van der Waals surface area contributed by atoms with Crippen molar-refractivity contribution in [2.75, 3.05) is 13.2 Å². The molecule has 1 fully saturated rings. The van der Waals surface area contributed by atoms with Crippen LogP contribution in [0.1, 0.15) is 30.4 Å². The van der Waals surface area contributed by atoms with E-state index in [4.69, 9.17) is 4.74 Å². The fraction of sp³-hybridized carbons (Fsp3) is 0.318. The maximum Gasteiger partial charge on any atom is 0.306 e. The van der Waals surface area contributed by atoms with Crippen molar-refractivity contribution in [3.8, 4) is 10.6 Å². The Morgan fingerprint density at radius 2 is 2.14 bits per heavy atom. The summed E-state index contributed by atoms with van der Waals surface area (Å²) in [5, 5.41) is 3.12. The molecule has 0 saturated carbocycles. The molecule has 3 aromatic rings. The zero-order chi connectivity index (χ0) is 20.4. The van der Waals surface area contributed by atoms with Crippen LogP contribution < -0.4 is 0 Å². The van der Waals surface area contributed by atoms with Gasteiger partial charge in [-0.2, -0.15) is 0 Å². The maximum atomic E-state index is 12.3. The van der Waals surface area contributed by atoms with Crippen LogP contribution in [-0.4, -0.2) is 40.8 Å². The number of aromatic amines is 1. The van der Waals surface area contributed by atoms with Gasteiger partial charge in [-0.15, -0.1) is 11.3 Å². The van der Waals surface area contributed by atoms with E-state index in [1.165, 1.54) is 4.90 Å². The van der Waals surface area contributed by atoms with Crippen LogP contribution in [0.4, 0.5) is 0 Å². The van der Waals surface area contributed by atoms with Crippen molar-refractivity contribution in [1.29, 1.82) is 0 Å². The number of benzene rings is 1. The molecule has 7 heteroatoms. The molecule has 6 nitrogen and oxygen atoms in total. The molecule has 0 unspecified atom stereocenters. The van der Waals surface area contributed by atoms with Crippen molar-refractivity contribution in [3.63, 3.8) is 0 Å². The van der Waals surface area contributed by atoms with Crippen LogP contribution in [0.25, 0.3) is 21.5 Å². The van der Waals surface area contributed by atoms with Crippen molar-refractivity contribution in [1.82, 2.24) is 9.88 Å². The number of esters is 1. The van der Waals surface area contributed by atoms with Crippen molar-refractivity contribution in [2.45, 2.75) is 32.6 Å². The average molecular weight is 410 g/mol. The average Bonchev–Trinajstić information content (AvgIpc) is 3.44. The molecule has 1 aliphatic rings. The Morgan fingerprint density at radius 1 is 1.28 bits per heavy atom. The molecule has 0 bridgehead atoms. The second-order valence-electron chi connectivity index (χ2n) is 7.21. The van der Waals surface area contributed by atoms with E-state index in [0.717, 1.165) is 32.6 Å². The van der Waals surface area contributed by atoms with Gasteiger partial charge in [0.1, 0.15) is 0 Å². The van der Waals surface area contributed by atoms with Crippen molar-refractivity contribution in [2.24, 2.45) is 0 Å². The van der Waals surface area contributed by atoms with Gasteiger partial charge in [0.15, 0.2) is 6.61 Å². The number of H-pyrrole nitrogens is 1. The molecule has 2 aromatic heterocycles. The first kappa shape index (κ1) is 19.4. The molecule has 4 rings (SSSR count). The predicted octanol–water partition coefficient (Wildman–Crippen LogP) is 3.83. The van der Waals surface area contributed by atoms with Crippen molar-refractivity contribution in [3.05, 3.63) is 46.8 Å². The molecule has 1 N–H and O–H groups in total. The lowest BCUT2D eigenvalue weighted by Gasteiger charge is -2.13. The number of carbonyl (C=O) groups excluding carboxylic acids is 3. The first-order chi connectivity index (χ1) is 14.0. The Morgan fingerprint density at radius 3 is 2.86 bits per heavy atom. The Bertz CT molecular complexity index is 1070. The number of ether oxygens (including phenoxy) is 1. The third-order valence-electron chi connectivity index (χ3n) is 5.14. The molecular formula is C22H22N2O4S. The lowest BCUT2D eigenvalue weighted by Crippen LogP contribution is -2.35. The van der Waals surface area contributed by atoms with Crippen LogP contribution >= 0.6 is 11.3 Å². The second-order valence-corrected chi connectivity index (χ2v) is 8.16. The number of likely N-dealkylation sites (tertiary alicyclic amines) is 1. The number of hydrogen-bond acceptors (Lipinski definition) is 5. The third kappa shape index (κ3) is 4.10. The first-order valence-corrected chi connectivity index (χ1v) is 10.5. The summed E-state index contributed by atoms with van der Waals surface area (Å²) >= 11 is 1.64. The van der Waals surface area contributed by atoms with Crippen LogP contribution in [0.15, 0.2) is 35.7 Å². The van der Waals surface area contributed by atoms with Gasteiger partial charge >= 0.3 is 5.97 Å². The zero-order valence-electron chi connectivity index (χ0n) is 16.2. The lowest BCUT2D eigenvalue weighted by molar-refractivity contribution is -0.154. The highest BCUT2D eigenvalue weighted by Gasteiger charge is 2.27. The Balaban J connectivity index is 1.45. The van der Waals surface area contributed by atoms with Crippen LogP contribution in [0, 0.1) is 6.92 Å². The molecule has 1 saturated heterocycles. The number of aryl methyl sites for hydroxylation is 2. The van der Waals surface area contributed by atoms with Crippen molar-refractivity contribution < 1.29 is 19.1 Å². The van der Waals surface area contributed by atoms with Gasteiger partial charge in [-0.25, -0.2) is 0 Å². The van der Waals surface area contributed by atoms with Crippen LogP contribution in [0.3, 0.4) is 0 Å². The van der Waals surface area contributed by atoms with Gasteiger partial charge in [0.25, 0.3) is 5.91 Å². The molecule has 1 aromatic carbocycles. The first-order valence-electron chi connectivity index (χ1n) is 9.67. The van der Waals surface area contributed by atoms with Crippen LogP contribution in [0.2, 0.25) is 0 Å². The molecular weight excluding hydrogens is 388 g/mol. The van der Waals surface area contributed by atoms with Gasteiger partial charge in [-0.1, -0.05) is 17.7 Å². The fourth-order valence-electron chi connectivity index (χ4n) is 3.68. The van der Waals surface area contributed by atoms with E-state index in [9.17, 15) is 14.4 Å². The standard InChI is InChI=1S/C22H22N2O4S/c1-14-6-8-17-16(12-14)15(22(23-17)18-4-3-11-29-18)7-9-21(27)28-13-20(26)24-10-2-5-19(24)25/h3-4,6,8,11-12,23H,2,5,7,9-10,13H2,1H3. The van der Waals surface area contributed by atoms with Crippen LogP contribution in [-0.2, 0) is 25.5 Å². The quantitative estimate of drug-likeness (QED) is 0.627. The highest BCUT2D eigenvalue weighted by Crippen LogP contribution is 2.34. The van der Waals surface area contributed by atoms with Crippen molar-refractivity contribution >= 4 is 40.0 Å². The highest BCUT2D eigenvalue weighted by atomic mass is 32.1. The number of fused-ring (bicyclic) bond motifs is 1. The van der Waals surface area contributed by atoms with Gasteiger partial charge in [0.05, 0.1) is 10.6 Å². The Labute approximate surface area is 172 Å². The number of amides is 2. The topological polar surface area (TPSA) is 79.5 Å². The minimum absolute atomic E-state index is 0.167. The zero-order valence-corrected chi connectivity index (χ0v) is 17.0. The number of nitrogens with one attached hydrogen (secondary N) is 1. The maximum absolute atomic E-state index is 12.3. The summed E-state index contributed by atoms with van der Waals surface area (Å²) in [6.45, 7) is 2.07. The van der Waals surface area contributed by atoms with E-state index in [1.807, 2.05) is 18.4 Å². The molecule has 0 radical (unpaired) electrons. The van der Waals surface area contributed by atoms with Gasteiger partial charge in [-0.3, -0.25) is 19.3 Å². The summed E-state index contributed by atoms with van der Waals surface area (Å²) in [7, 11) is 0. The number of aromatic nitrogens is 1. The summed E-state index contributed by atoms with van der Waals surface area (Å²) in [4.78, 5) is 41.7. The normalized spacial score (nSPS) is 14.0. The highest BCUT2D eigenvalue weighted by molar-refractivity contribution is 7.13. The predicted molar refractivity (Wildman–Crippen MR) is 112 cm³/mol. The SMILES string of the molecule is Cc1ccc2[nH]c(-c3cccs3)c(CCC(=O)OCC(=O)N3CCCC3=O)c2c1. The van der Waals surface area contributed by atoms with Gasteiger partial charge < -0.3 is 9.72 Å². The largest absolute Gasteiger partial charge is 0.456 e. The Kier molecular flexibility index (Phi) is 5.49. The molecule has 1 aliphatic heterocycles. The number of nitrogens with zero attached hydrogens (tertiary/aromatic N) is 1. The minimum atomic E-state index is -0.442. The van der Waals surface area contributed by atoms with Gasteiger partial charge in [0, 0.05) is 30.3 Å². The van der Waals surface area contributed by atoms with Gasteiger partial charge in [-0.05, 0) is 48.9 Å². The molecule has 150 valence electrons. The molecule has 0 atom stereocenters. The molecule has 0 aliphatic carbocycles. The van der Waals surface area contributed by atoms with E-state index in [0.29, 0.717) is 25.8 Å². The van der Waals surface area contributed by atoms with E-state index >= 15 is 0 Å². The molecule has 29 heavy (non-hydrogen) atoms. The Hall–Kier alpha value is -2.93. The number of thiophene rings is 1. The summed E-state index contributed by atoms with van der Waals surface area (Å²) < 4.78 is 5.14. The summed E-state index contributed by atoms with van der Waals surface area (Å²) in [6.07, 6.45) is 1.72. The van der Waals surface area contributed by atoms with E-state index in [2.05, 4.69) is 29.2 Å². The summed E-state index contributed by atoms with van der Waals surface area (Å²) in [5.74, 6) is -1.08. The summed E-state index contributed by atoms with van der Waals surface area (Å²) in [6, 6.07) is 10.3. The van der Waals surface area contributed by atoms with E-state index in [1.54, 1.807) is 11.3 Å². The second kappa shape index (κ2) is 8.21. The monoisotopic (exact) mass is 410 g/mol. The fourth-order valence-corrected chi connectivity index (χ4v) is 4.44. The number of hydrogen-bond donors (Lipinski definition) is 1. The summed E-state index contributed by atoms with van der Waals surface area (Å²) in [5.41, 5.74) is 4.28. The third-order valence-corrected chi connectivity index (χ3v) is 6.03. The van der Waals surface area contributed by atoms with Crippen LogP contribution in [0.5, 0.6) is 0 Å². The minimum Gasteiger partial charge on any atom is -0.456 e.